The Kier molecular flexibility index (Phi) is 4.35. The first-order valence-electron chi connectivity index (χ1n) is 5.81. The van der Waals surface area contributed by atoms with Crippen LogP contribution in [-0.2, 0) is 4.79 Å². The molecular weight excluding hydrogens is 264 g/mol. The third-order valence-corrected chi connectivity index (χ3v) is 3.56. The molecule has 0 saturated heterocycles. The second-order valence-corrected chi connectivity index (χ2v) is 4.94. The van der Waals surface area contributed by atoms with Gasteiger partial charge in [-0.05, 0) is 30.5 Å². The summed E-state index contributed by atoms with van der Waals surface area (Å²) < 4.78 is 4.93. The van der Waals surface area contributed by atoms with E-state index in [0.717, 1.165) is 4.88 Å². The Morgan fingerprint density at radius 2 is 2.21 bits per heavy atom. The fourth-order valence-electron chi connectivity index (χ4n) is 1.56. The van der Waals surface area contributed by atoms with Gasteiger partial charge in [-0.15, -0.1) is 11.3 Å². The minimum atomic E-state index is -0.399. The molecule has 2 aromatic rings. The molecule has 0 saturated carbocycles. The summed E-state index contributed by atoms with van der Waals surface area (Å²) in [6.45, 7) is 1.83. The quantitative estimate of drug-likeness (QED) is 0.878. The summed E-state index contributed by atoms with van der Waals surface area (Å²) in [6.07, 6.45) is 1.41. The van der Waals surface area contributed by atoms with Crippen molar-refractivity contribution in [3.63, 3.8) is 0 Å². The summed E-state index contributed by atoms with van der Waals surface area (Å²) in [5.41, 5.74) is 0. The average Bonchev–Trinajstić information content (AvgIpc) is 3.07. The Morgan fingerprint density at radius 1 is 1.37 bits per heavy atom. The van der Waals surface area contributed by atoms with Crippen molar-refractivity contribution < 1.29 is 14.0 Å². The molecule has 0 fully saturated rings. The number of carbonyl (C=O) groups excluding carboxylic acids is 2. The fourth-order valence-corrected chi connectivity index (χ4v) is 2.29. The molecule has 0 aliphatic heterocycles. The number of amides is 2. The van der Waals surface area contributed by atoms with E-state index in [4.69, 9.17) is 4.42 Å². The lowest BCUT2D eigenvalue weighted by atomic mass is 10.3. The summed E-state index contributed by atoms with van der Waals surface area (Å²) in [7, 11) is 0. The number of thiophene rings is 1. The van der Waals surface area contributed by atoms with Gasteiger partial charge < -0.3 is 15.1 Å². The zero-order valence-corrected chi connectivity index (χ0v) is 11.2. The lowest BCUT2D eigenvalue weighted by Crippen LogP contribution is -2.37. The summed E-state index contributed by atoms with van der Waals surface area (Å²) in [5.74, 6) is -0.441. The highest BCUT2D eigenvalue weighted by molar-refractivity contribution is 7.10. The predicted octanol–water partition coefficient (Wildman–Crippen LogP) is 1.95. The van der Waals surface area contributed by atoms with E-state index in [9.17, 15) is 9.59 Å². The van der Waals surface area contributed by atoms with Gasteiger partial charge in [0.25, 0.3) is 5.91 Å². The summed E-state index contributed by atoms with van der Waals surface area (Å²) in [5, 5.41) is 7.26. The van der Waals surface area contributed by atoms with Crippen molar-refractivity contribution in [3.8, 4) is 0 Å². The maximum Gasteiger partial charge on any atom is 0.287 e. The fraction of sp³-hybridized carbons (Fsp3) is 0.231. The van der Waals surface area contributed by atoms with E-state index in [2.05, 4.69) is 10.6 Å². The third-order valence-electron chi connectivity index (χ3n) is 2.50. The van der Waals surface area contributed by atoms with Crippen LogP contribution in [0.4, 0.5) is 0 Å². The predicted molar refractivity (Wildman–Crippen MR) is 71.9 cm³/mol. The Labute approximate surface area is 114 Å². The van der Waals surface area contributed by atoms with Crippen molar-refractivity contribution in [3.05, 3.63) is 46.5 Å². The SMILES string of the molecule is C[C@H](NC(=O)CNC(=O)c1ccco1)c1cccs1. The number of furan rings is 1. The van der Waals surface area contributed by atoms with Crippen LogP contribution in [0.15, 0.2) is 40.3 Å². The van der Waals surface area contributed by atoms with Gasteiger partial charge in [0.2, 0.25) is 5.91 Å². The molecule has 1 atom stereocenters. The highest BCUT2D eigenvalue weighted by Gasteiger charge is 2.13. The molecule has 0 bridgehead atoms. The summed E-state index contributed by atoms with van der Waals surface area (Å²) >= 11 is 1.58. The lowest BCUT2D eigenvalue weighted by Gasteiger charge is -2.12. The number of hydrogen-bond acceptors (Lipinski definition) is 4. The van der Waals surface area contributed by atoms with Crippen molar-refractivity contribution in [1.29, 1.82) is 0 Å². The molecule has 0 radical (unpaired) electrons. The van der Waals surface area contributed by atoms with Crippen molar-refractivity contribution in [2.75, 3.05) is 6.54 Å². The van der Waals surface area contributed by atoms with Crippen LogP contribution in [-0.4, -0.2) is 18.4 Å². The van der Waals surface area contributed by atoms with E-state index in [1.54, 1.807) is 23.5 Å². The minimum Gasteiger partial charge on any atom is -0.459 e. The molecule has 6 heteroatoms. The second-order valence-electron chi connectivity index (χ2n) is 3.96. The van der Waals surface area contributed by atoms with Gasteiger partial charge in [0.1, 0.15) is 0 Å². The van der Waals surface area contributed by atoms with Crippen LogP contribution in [0, 0.1) is 0 Å². The molecule has 2 amide bonds. The van der Waals surface area contributed by atoms with Crippen LogP contribution in [0.3, 0.4) is 0 Å². The number of rotatable bonds is 5. The van der Waals surface area contributed by atoms with Crippen molar-refractivity contribution >= 4 is 23.2 Å². The monoisotopic (exact) mass is 278 g/mol. The van der Waals surface area contributed by atoms with Crippen LogP contribution in [0.25, 0.3) is 0 Å². The zero-order valence-electron chi connectivity index (χ0n) is 10.4. The average molecular weight is 278 g/mol. The van der Waals surface area contributed by atoms with Gasteiger partial charge in [-0.3, -0.25) is 9.59 Å². The second kappa shape index (κ2) is 6.19. The highest BCUT2D eigenvalue weighted by Crippen LogP contribution is 2.17. The highest BCUT2D eigenvalue weighted by atomic mass is 32.1. The molecule has 2 aromatic heterocycles. The van der Waals surface area contributed by atoms with Gasteiger partial charge >= 0.3 is 0 Å². The lowest BCUT2D eigenvalue weighted by molar-refractivity contribution is -0.120. The molecule has 0 aliphatic rings. The Hall–Kier alpha value is -2.08. The van der Waals surface area contributed by atoms with Gasteiger partial charge in [-0.2, -0.15) is 0 Å². The maximum atomic E-state index is 11.7. The Bertz CT molecular complexity index is 534. The van der Waals surface area contributed by atoms with Gasteiger partial charge in [-0.25, -0.2) is 0 Å². The van der Waals surface area contributed by atoms with E-state index in [-0.39, 0.29) is 24.3 Å². The molecule has 2 rings (SSSR count). The molecule has 0 aliphatic carbocycles. The van der Waals surface area contributed by atoms with Crippen LogP contribution >= 0.6 is 11.3 Å². The van der Waals surface area contributed by atoms with E-state index in [0.29, 0.717) is 0 Å². The molecule has 19 heavy (non-hydrogen) atoms. The first kappa shape index (κ1) is 13.4. The smallest absolute Gasteiger partial charge is 0.287 e. The van der Waals surface area contributed by atoms with Crippen molar-refractivity contribution in [2.24, 2.45) is 0 Å². The largest absolute Gasteiger partial charge is 0.459 e. The minimum absolute atomic E-state index is 0.0620. The molecule has 5 nitrogen and oxygen atoms in total. The van der Waals surface area contributed by atoms with E-state index in [1.165, 1.54) is 6.26 Å². The van der Waals surface area contributed by atoms with E-state index < -0.39 is 5.91 Å². The van der Waals surface area contributed by atoms with Gasteiger partial charge in [0.05, 0.1) is 18.8 Å². The first-order chi connectivity index (χ1) is 9.16. The topological polar surface area (TPSA) is 71.3 Å². The first-order valence-corrected chi connectivity index (χ1v) is 6.69. The third kappa shape index (κ3) is 3.69. The molecular formula is C13H14N2O3S. The number of carbonyl (C=O) groups is 2. The Morgan fingerprint density at radius 3 is 2.84 bits per heavy atom. The standard InChI is InChI=1S/C13H14N2O3S/c1-9(11-5-3-7-19-11)15-12(16)8-14-13(17)10-4-2-6-18-10/h2-7,9H,8H2,1H3,(H,14,17)(H,15,16)/t9-/m0/s1. The molecule has 0 unspecified atom stereocenters. The molecule has 0 aromatic carbocycles. The summed E-state index contributed by atoms with van der Waals surface area (Å²) in [6, 6.07) is 6.99. The molecule has 0 spiro atoms. The van der Waals surface area contributed by atoms with Crippen LogP contribution in [0.1, 0.15) is 28.4 Å². The van der Waals surface area contributed by atoms with Crippen LogP contribution in [0.5, 0.6) is 0 Å². The van der Waals surface area contributed by atoms with Crippen LogP contribution in [0.2, 0.25) is 0 Å². The van der Waals surface area contributed by atoms with E-state index >= 15 is 0 Å². The van der Waals surface area contributed by atoms with Gasteiger partial charge in [-0.1, -0.05) is 6.07 Å². The van der Waals surface area contributed by atoms with Gasteiger partial charge in [0, 0.05) is 4.88 Å². The normalized spacial score (nSPS) is 11.8. The number of nitrogens with one attached hydrogen (secondary N) is 2. The number of hydrogen-bond donors (Lipinski definition) is 2. The van der Waals surface area contributed by atoms with Gasteiger partial charge in [0.15, 0.2) is 5.76 Å². The molecule has 2 N–H and O–H groups in total. The van der Waals surface area contributed by atoms with Crippen LogP contribution < -0.4 is 10.6 Å². The Balaban J connectivity index is 1.77. The molecule has 100 valence electrons. The summed E-state index contributed by atoms with van der Waals surface area (Å²) in [4.78, 5) is 24.3. The maximum absolute atomic E-state index is 11.7. The molecule has 2 heterocycles. The van der Waals surface area contributed by atoms with E-state index in [1.807, 2.05) is 24.4 Å². The zero-order chi connectivity index (χ0) is 13.7. The van der Waals surface area contributed by atoms with Crippen molar-refractivity contribution in [2.45, 2.75) is 13.0 Å². The van der Waals surface area contributed by atoms with Crippen molar-refractivity contribution in [1.82, 2.24) is 10.6 Å².